The summed E-state index contributed by atoms with van der Waals surface area (Å²) in [7, 11) is 0. The summed E-state index contributed by atoms with van der Waals surface area (Å²) >= 11 is 6.23. The zero-order valence-corrected chi connectivity index (χ0v) is 12.2. The van der Waals surface area contributed by atoms with E-state index in [1.807, 2.05) is 6.07 Å². The standard InChI is InChI=1S/C15H20ClN3O/c16-12-8-10(14(17)20)2-3-13(12)19-11-4-7-18-15(9-11)5-1-6-15/h2-3,8,11,18-19H,1,4-7,9H2,(H2,17,20). The van der Waals surface area contributed by atoms with Crippen LogP contribution in [-0.2, 0) is 0 Å². The predicted octanol–water partition coefficient (Wildman–Crippen LogP) is 2.53. The number of amides is 1. The van der Waals surface area contributed by atoms with Crippen LogP contribution in [0.2, 0.25) is 5.02 Å². The summed E-state index contributed by atoms with van der Waals surface area (Å²) in [5, 5.41) is 7.72. The van der Waals surface area contributed by atoms with Crippen molar-refractivity contribution < 1.29 is 4.79 Å². The Morgan fingerprint density at radius 1 is 1.45 bits per heavy atom. The molecule has 1 unspecified atom stereocenters. The second-order valence-electron chi connectivity index (χ2n) is 5.95. The molecule has 1 aliphatic carbocycles. The van der Waals surface area contributed by atoms with Gasteiger partial charge in [-0.1, -0.05) is 11.6 Å². The Morgan fingerprint density at radius 3 is 2.85 bits per heavy atom. The van der Waals surface area contributed by atoms with Gasteiger partial charge in [-0.25, -0.2) is 0 Å². The number of carbonyl (C=O) groups excluding carboxylic acids is 1. The average molecular weight is 294 g/mol. The molecule has 0 bridgehead atoms. The fraction of sp³-hybridized carbons (Fsp3) is 0.533. The van der Waals surface area contributed by atoms with Gasteiger partial charge in [0.25, 0.3) is 0 Å². The van der Waals surface area contributed by atoms with Gasteiger partial charge in [0.2, 0.25) is 5.91 Å². The number of benzene rings is 1. The Balaban J connectivity index is 1.69. The normalized spacial score (nSPS) is 24.1. The molecular formula is C15H20ClN3O. The van der Waals surface area contributed by atoms with E-state index in [-0.39, 0.29) is 0 Å². The number of hydrogen-bond acceptors (Lipinski definition) is 3. The number of rotatable bonds is 3. The number of nitrogens with two attached hydrogens (primary N) is 1. The van der Waals surface area contributed by atoms with Gasteiger partial charge in [-0.3, -0.25) is 4.79 Å². The summed E-state index contributed by atoms with van der Waals surface area (Å²) in [5.41, 5.74) is 6.94. The van der Waals surface area contributed by atoms with Crippen LogP contribution in [0.5, 0.6) is 0 Å². The molecule has 3 rings (SSSR count). The third kappa shape index (κ3) is 2.63. The molecule has 0 aromatic heterocycles. The maximum atomic E-state index is 11.1. The van der Waals surface area contributed by atoms with Crippen LogP contribution in [0.25, 0.3) is 0 Å². The van der Waals surface area contributed by atoms with Gasteiger partial charge in [-0.15, -0.1) is 0 Å². The van der Waals surface area contributed by atoms with Crippen LogP contribution in [0.1, 0.15) is 42.5 Å². The number of primary amides is 1. The summed E-state index contributed by atoms with van der Waals surface area (Å²) in [6.07, 6.45) is 6.11. The number of nitrogens with one attached hydrogen (secondary N) is 2. The lowest BCUT2D eigenvalue weighted by Gasteiger charge is -2.48. The number of anilines is 1. The highest BCUT2D eigenvalue weighted by Gasteiger charge is 2.40. The van der Waals surface area contributed by atoms with Crippen LogP contribution in [0.15, 0.2) is 18.2 Å². The molecule has 5 heteroatoms. The van der Waals surface area contributed by atoms with Gasteiger partial charge >= 0.3 is 0 Å². The fourth-order valence-corrected chi connectivity index (χ4v) is 3.51. The quantitative estimate of drug-likeness (QED) is 0.802. The molecule has 20 heavy (non-hydrogen) atoms. The third-order valence-electron chi connectivity index (χ3n) is 4.55. The molecule has 1 heterocycles. The average Bonchev–Trinajstić information content (AvgIpc) is 2.39. The summed E-state index contributed by atoms with van der Waals surface area (Å²) < 4.78 is 0. The minimum atomic E-state index is -0.450. The molecule has 1 spiro atoms. The maximum Gasteiger partial charge on any atom is 0.248 e. The van der Waals surface area contributed by atoms with Gasteiger partial charge in [-0.05, 0) is 56.8 Å². The van der Waals surface area contributed by atoms with Crippen molar-refractivity contribution in [1.82, 2.24) is 5.32 Å². The minimum Gasteiger partial charge on any atom is -0.381 e. The van der Waals surface area contributed by atoms with E-state index in [1.54, 1.807) is 12.1 Å². The molecular weight excluding hydrogens is 274 g/mol. The largest absolute Gasteiger partial charge is 0.381 e. The maximum absolute atomic E-state index is 11.1. The predicted molar refractivity (Wildman–Crippen MR) is 81.2 cm³/mol. The highest BCUT2D eigenvalue weighted by molar-refractivity contribution is 6.33. The molecule has 4 nitrogen and oxygen atoms in total. The van der Waals surface area contributed by atoms with Crippen LogP contribution in [0.3, 0.4) is 0 Å². The molecule has 1 aliphatic heterocycles. The minimum absolute atomic E-state index is 0.357. The van der Waals surface area contributed by atoms with E-state index in [1.165, 1.54) is 19.3 Å². The monoisotopic (exact) mass is 293 g/mol. The van der Waals surface area contributed by atoms with Crippen molar-refractivity contribution in [2.24, 2.45) is 5.73 Å². The van der Waals surface area contributed by atoms with Gasteiger partial charge in [0.05, 0.1) is 10.7 Å². The summed E-state index contributed by atoms with van der Waals surface area (Å²) in [4.78, 5) is 11.1. The summed E-state index contributed by atoms with van der Waals surface area (Å²) in [6, 6.07) is 5.63. The molecule has 1 atom stereocenters. The highest BCUT2D eigenvalue weighted by Crippen LogP contribution is 2.39. The smallest absolute Gasteiger partial charge is 0.248 e. The molecule has 1 amide bonds. The Labute approximate surface area is 124 Å². The van der Waals surface area contributed by atoms with Crippen molar-refractivity contribution in [3.8, 4) is 0 Å². The Morgan fingerprint density at radius 2 is 2.25 bits per heavy atom. The van der Waals surface area contributed by atoms with E-state index < -0.39 is 5.91 Å². The molecule has 2 fully saturated rings. The van der Waals surface area contributed by atoms with E-state index >= 15 is 0 Å². The molecule has 1 saturated heterocycles. The van der Waals surface area contributed by atoms with E-state index in [0.29, 0.717) is 22.2 Å². The Kier molecular flexibility index (Phi) is 3.61. The Bertz CT molecular complexity index is 528. The number of carbonyl (C=O) groups is 1. The molecule has 0 radical (unpaired) electrons. The third-order valence-corrected chi connectivity index (χ3v) is 4.87. The highest BCUT2D eigenvalue weighted by atomic mass is 35.5. The second kappa shape index (κ2) is 5.26. The number of hydrogen-bond donors (Lipinski definition) is 3. The van der Waals surface area contributed by atoms with E-state index in [4.69, 9.17) is 17.3 Å². The fourth-order valence-electron chi connectivity index (χ4n) is 3.27. The first kappa shape index (κ1) is 13.7. The van der Waals surface area contributed by atoms with Crippen LogP contribution >= 0.6 is 11.6 Å². The number of piperidine rings is 1. The second-order valence-corrected chi connectivity index (χ2v) is 6.36. The summed E-state index contributed by atoms with van der Waals surface area (Å²) in [6.45, 7) is 1.05. The SMILES string of the molecule is NC(=O)c1ccc(NC2CCNC3(CCC3)C2)c(Cl)c1. The van der Waals surface area contributed by atoms with Crippen LogP contribution in [-0.4, -0.2) is 24.0 Å². The summed E-state index contributed by atoms with van der Waals surface area (Å²) in [5.74, 6) is -0.450. The van der Waals surface area contributed by atoms with E-state index in [9.17, 15) is 4.79 Å². The van der Waals surface area contributed by atoms with Gasteiger partial charge in [0, 0.05) is 17.1 Å². The van der Waals surface area contributed by atoms with Gasteiger partial charge in [-0.2, -0.15) is 0 Å². The first-order valence-corrected chi connectivity index (χ1v) is 7.57. The zero-order valence-electron chi connectivity index (χ0n) is 11.4. The number of halogens is 1. The molecule has 108 valence electrons. The molecule has 1 aromatic carbocycles. The van der Waals surface area contributed by atoms with E-state index in [0.717, 1.165) is 25.1 Å². The first-order chi connectivity index (χ1) is 9.58. The lowest BCUT2D eigenvalue weighted by molar-refractivity contribution is 0.100. The van der Waals surface area contributed by atoms with Gasteiger partial charge in [0.15, 0.2) is 0 Å². The van der Waals surface area contributed by atoms with Gasteiger partial charge in [0.1, 0.15) is 0 Å². The Hall–Kier alpha value is -1.26. The first-order valence-electron chi connectivity index (χ1n) is 7.19. The van der Waals surface area contributed by atoms with Crippen molar-refractivity contribution in [3.05, 3.63) is 28.8 Å². The van der Waals surface area contributed by atoms with Crippen LogP contribution < -0.4 is 16.4 Å². The zero-order chi connectivity index (χ0) is 14.2. The van der Waals surface area contributed by atoms with Crippen LogP contribution in [0, 0.1) is 0 Å². The van der Waals surface area contributed by atoms with Crippen molar-refractivity contribution >= 4 is 23.2 Å². The molecule has 1 aromatic rings. The lowest BCUT2D eigenvalue weighted by atomic mass is 9.70. The molecule has 4 N–H and O–H groups in total. The topological polar surface area (TPSA) is 67.2 Å². The van der Waals surface area contributed by atoms with E-state index in [2.05, 4.69) is 10.6 Å². The van der Waals surface area contributed by atoms with Crippen molar-refractivity contribution in [2.75, 3.05) is 11.9 Å². The van der Waals surface area contributed by atoms with Crippen molar-refractivity contribution in [3.63, 3.8) is 0 Å². The lowest BCUT2D eigenvalue weighted by Crippen LogP contribution is -2.58. The molecule has 2 aliphatic rings. The van der Waals surface area contributed by atoms with Crippen molar-refractivity contribution in [1.29, 1.82) is 0 Å². The van der Waals surface area contributed by atoms with Crippen molar-refractivity contribution in [2.45, 2.75) is 43.7 Å². The molecule has 1 saturated carbocycles. The van der Waals surface area contributed by atoms with Gasteiger partial charge < -0.3 is 16.4 Å². The van der Waals surface area contributed by atoms with Crippen LogP contribution in [0.4, 0.5) is 5.69 Å².